The quantitative estimate of drug-likeness (QED) is 0.789. The van der Waals surface area contributed by atoms with Gasteiger partial charge in [0.25, 0.3) is 0 Å². The molecule has 0 aromatic carbocycles. The third-order valence-corrected chi connectivity index (χ3v) is 5.36. The monoisotopic (exact) mass is 274 g/mol. The zero-order valence-electron chi connectivity index (χ0n) is 13.0. The second-order valence-electron chi connectivity index (χ2n) is 6.60. The second-order valence-corrected chi connectivity index (χ2v) is 6.60. The Hall–Kier alpha value is -1.09. The lowest BCUT2D eigenvalue weighted by molar-refractivity contribution is 0.0940. The van der Waals surface area contributed by atoms with Crippen LogP contribution < -0.4 is 0 Å². The van der Waals surface area contributed by atoms with Gasteiger partial charge < -0.3 is 4.57 Å². The van der Waals surface area contributed by atoms with Gasteiger partial charge in [-0.05, 0) is 51.5 Å². The number of hydrogen-bond donors (Lipinski definition) is 0. The molecule has 2 atom stereocenters. The number of hydrogen-bond acceptors (Lipinski definition) is 2. The van der Waals surface area contributed by atoms with E-state index >= 15 is 0 Å². The van der Waals surface area contributed by atoms with Gasteiger partial charge in [-0.3, -0.25) is 9.69 Å². The van der Waals surface area contributed by atoms with Crippen LogP contribution in [0.3, 0.4) is 0 Å². The maximum atomic E-state index is 12.6. The second kappa shape index (κ2) is 5.36. The highest BCUT2D eigenvalue weighted by molar-refractivity contribution is 5.99. The normalized spacial score (nSPS) is 26.1. The number of rotatable bonds is 4. The van der Waals surface area contributed by atoms with Crippen molar-refractivity contribution in [1.82, 2.24) is 9.47 Å². The zero-order chi connectivity index (χ0) is 14.3. The van der Waals surface area contributed by atoms with E-state index in [0.29, 0.717) is 12.3 Å². The molecule has 1 aromatic rings. The van der Waals surface area contributed by atoms with Crippen LogP contribution in [-0.2, 0) is 6.54 Å². The van der Waals surface area contributed by atoms with E-state index in [2.05, 4.69) is 36.3 Å². The van der Waals surface area contributed by atoms with Crippen LogP contribution in [0.4, 0.5) is 0 Å². The number of aryl methyl sites for hydroxylation is 1. The van der Waals surface area contributed by atoms with Crippen LogP contribution in [-0.4, -0.2) is 34.9 Å². The summed E-state index contributed by atoms with van der Waals surface area (Å²) < 4.78 is 2.23. The molecule has 1 aromatic heterocycles. The topological polar surface area (TPSA) is 25.2 Å². The summed E-state index contributed by atoms with van der Waals surface area (Å²) in [5.41, 5.74) is 3.27. The third-order valence-electron chi connectivity index (χ3n) is 5.36. The average molecular weight is 274 g/mol. The van der Waals surface area contributed by atoms with Crippen molar-refractivity contribution < 1.29 is 4.79 Å². The number of carbonyl (C=O) groups is 1. The molecular formula is C17H26N2O. The summed E-state index contributed by atoms with van der Waals surface area (Å²) in [6.45, 7) is 10.1. The summed E-state index contributed by atoms with van der Waals surface area (Å²) in [5, 5.41) is 0. The molecule has 20 heavy (non-hydrogen) atoms. The Morgan fingerprint density at radius 1 is 1.25 bits per heavy atom. The van der Waals surface area contributed by atoms with Crippen LogP contribution in [0.15, 0.2) is 6.07 Å². The van der Waals surface area contributed by atoms with Crippen LogP contribution in [0.1, 0.15) is 47.9 Å². The van der Waals surface area contributed by atoms with E-state index in [-0.39, 0.29) is 0 Å². The summed E-state index contributed by atoms with van der Waals surface area (Å²) in [5.74, 6) is 2.04. The molecule has 0 spiro atoms. The van der Waals surface area contributed by atoms with Crippen molar-refractivity contribution in [3.05, 3.63) is 23.0 Å². The van der Waals surface area contributed by atoms with Crippen molar-refractivity contribution in [3.8, 4) is 0 Å². The van der Waals surface area contributed by atoms with Crippen molar-refractivity contribution in [2.45, 2.75) is 46.6 Å². The maximum absolute atomic E-state index is 12.6. The molecule has 2 aliphatic rings. The predicted molar refractivity (Wildman–Crippen MR) is 81.2 cm³/mol. The third kappa shape index (κ3) is 2.32. The highest BCUT2D eigenvalue weighted by Crippen LogP contribution is 2.37. The molecule has 1 aliphatic heterocycles. The minimum absolute atomic E-state index is 0.303. The number of likely N-dealkylation sites (tertiary alicyclic amines) is 1. The van der Waals surface area contributed by atoms with Crippen LogP contribution in [0, 0.1) is 25.7 Å². The van der Waals surface area contributed by atoms with Gasteiger partial charge in [-0.15, -0.1) is 0 Å². The van der Waals surface area contributed by atoms with Crippen LogP contribution in [0.25, 0.3) is 0 Å². The standard InChI is InChI=1S/C17H26N2O/c1-4-19-12(2)8-16(13(19)3)17(20)11-18-9-14-6-5-7-15(14)10-18/h8,14-15H,4-7,9-11H2,1-3H3. The van der Waals surface area contributed by atoms with Gasteiger partial charge in [0.2, 0.25) is 0 Å². The molecule has 110 valence electrons. The average Bonchev–Trinajstić information content (AvgIpc) is 3.03. The molecule has 2 heterocycles. The van der Waals surface area contributed by atoms with Crippen molar-refractivity contribution in [3.63, 3.8) is 0 Å². The smallest absolute Gasteiger partial charge is 0.178 e. The number of aromatic nitrogens is 1. The Labute approximate surface area is 122 Å². The molecular weight excluding hydrogens is 248 g/mol. The number of fused-ring (bicyclic) bond motifs is 1. The van der Waals surface area contributed by atoms with Gasteiger partial charge in [0.1, 0.15) is 0 Å². The van der Waals surface area contributed by atoms with Gasteiger partial charge in [-0.1, -0.05) is 6.42 Å². The summed E-state index contributed by atoms with van der Waals surface area (Å²) >= 11 is 0. The van der Waals surface area contributed by atoms with Gasteiger partial charge in [0.15, 0.2) is 5.78 Å². The van der Waals surface area contributed by atoms with E-state index in [1.54, 1.807) is 0 Å². The molecule has 3 rings (SSSR count). The van der Waals surface area contributed by atoms with E-state index in [4.69, 9.17) is 0 Å². The van der Waals surface area contributed by atoms with Crippen molar-refractivity contribution >= 4 is 5.78 Å². The molecule has 1 saturated heterocycles. The molecule has 0 bridgehead atoms. The summed E-state index contributed by atoms with van der Waals surface area (Å²) in [4.78, 5) is 15.0. The van der Waals surface area contributed by atoms with Crippen LogP contribution in [0.5, 0.6) is 0 Å². The van der Waals surface area contributed by atoms with E-state index in [1.807, 2.05) is 0 Å². The summed E-state index contributed by atoms with van der Waals surface area (Å²) in [6, 6.07) is 2.07. The number of Topliss-reactive ketones (excluding diaryl/α,β-unsaturated/α-hetero) is 1. The van der Waals surface area contributed by atoms with Crippen LogP contribution >= 0.6 is 0 Å². The Bertz CT molecular complexity index is 505. The number of carbonyl (C=O) groups excluding carboxylic acids is 1. The molecule has 1 aliphatic carbocycles. The van der Waals surface area contributed by atoms with Crippen molar-refractivity contribution in [2.24, 2.45) is 11.8 Å². The SMILES string of the molecule is CCn1c(C)cc(C(=O)CN2CC3CCCC3C2)c1C. The fourth-order valence-corrected chi connectivity index (χ4v) is 4.32. The highest BCUT2D eigenvalue weighted by atomic mass is 16.1. The first-order valence-corrected chi connectivity index (χ1v) is 8.02. The summed E-state index contributed by atoms with van der Waals surface area (Å²) in [6.07, 6.45) is 4.15. The fourth-order valence-electron chi connectivity index (χ4n) is 4.32. The van der Waals surface area contributed by atoms with Gasteiger partial charge in [-0.2, -0.15) is 0 Å². The Morgan fingerprint density at radius 3 is 2.45 bits per heavy atom. The Balaban J connectivity index is 1.68. The molecule has 0 N–H and O–H groups in total. The van der Waals surface area contributed by atoms with Gasteiger partial charge in [0, 0.05) is 36.6 Å². The Kier molecular flexibility index (Phi) is 3.72. The van der Waals surface area contributed by atoms with Crippen LogP contribution in [0.2, 0.25) is 0 Å². The maximum Gasteiger partial charge on any atom is 0.178 e. The lowest BCUT2D eigenvalue weighted by Gasteiger charge is -2.15. The van der Waals surface area contributed by atoms with Gasteiger partial charge >= 0.3 is 0 Å². The zero-order valence-corrected chi connectivity index (χ0v) is 13.0. The first kappa shape index (κ1) is 13.9. The summed E-state index contributed by atoms with van der Waals surface area (Å²) in [7, 11) is 0. The van der Waals surface area contributed by atoms with Crippen molar-refractivity contribution in [2.75, 3.05) is 19.6 Å². The first-order chi connectivity index (χ1) is 9.60. The minimum Gasteiger partial charge on any atom is -0.349 e. The van der Waals surface area contributed by atoms with E-state index < -0.39 is 0 Å². The molecule has 3 heteroatoms. The predicted octanol–water partition coefficient (Wildman–Crippen LogP) is 3.04. The molecule has 3 nitrogen and oxygen atoms in total. The van der Waals surface area contributed by atoms with Crippen molar-refractivity contribution in [1.29, 1.82) is 0 Å². The van der Waals surface area contributed by atoms with E-state index in [1.165, 1.54) is 25.0 Å². The van der Waals surface area contributed by atoms with E-state index in [9.17, 15) is 4.79 Å². The van der Waals surface area contributed by atoms with E-state index in [0.717, 1.165) is 42.7 Å². The lowest BCUT2D eigenvalue weighted by Crippen LogP contribution is -2.28. The minimum atomic E-state index is 0.303. The molecule has 1 saturated carbocycles. The largest absolute Gasteiger partial charge is 0.349 e. The lowest BCUT2D eigenvalue weighted by atomic mass is 10.0. The number of nitrogens with zero attached hydrogens (tertiary/aromatic N) is 2. The van der Waals surface area contributed by atoms with Gasteiger partial charge in [-0.25, -0.2) is 0 Å². The Morgan fingerprint density at radius 2 is 1.90 bits per heavy atom. The molecule has 2 fully saturated rings. The van der Waals surface area contributed by atoms with Gasteiger partial charge in [0.05, 0.1) is 6.54 Å². The molecule has 0 amide bonds. The highest BCUT2D eigenvalue weighted by Gasteiger charge is 2.36. The molecule has 0 radical (unpaired) electrons. The molecule has 2 unspecified atom stereocenters. The fraction of sp³-hybridized carbons (Fsp3) is 0.706. The first-order valence-electron chi connectivity index (χ1n) is 8.02. The number of ketones is 1.